The van der Waals surface area contributed by atoms with Crippen LogP contribution in [0.4, 0.5) is 5.82 Å². The topological polar surface area (TPSA) is 80.4 Å². The third-order valence-corrected chi connectivity index (χ3v) is 2.82. The minimum Gasteiger partial charge on any atom is -0.478 e. The number of ether oxygens (including phenoxy) is 1. The van der Waals surface area contributed by atoms with Gasteiger partial charge in [0.1, 0.15) is 29.3 Å². The molecule has 0 aliphatic heterocycles. The first-order valence-corrected chi connectivity index (χ1v) is 6.49. The Labute approximate surface area is 117 Å². The van der Waals surface area contributed by atoms with Gasteiger partial charge in [-0.1, -0.05) is 0 Å². The van der Waals surface area contributed by atoms with E-state index >= 15 is 0 Å². The van der Waals surface area contributed by atoms with E-state index in [4.69, 9.17) is 9.15 Å². The van der Waals surface area contributed by atoms with Gasteiger partial charge in [0.05, 0.1) is 13.2 Å². The van der Waals surface area contributed by atoms with Crippen LogP contribution in [0.25, 0.3) is 0 Å². The lowest BCUT2D eigenvalue weighted by atomic mass is 10.0. The van der Waals surface area contributed by atoms with E-state index in [1.165, 1.54) is 6.33 Å². The molecule has 20 heavy (non-hydrogen) atoms. The van der Waals surface area contributed by atoms with E-state index in [9.17, 15) is 5.11 Å². The fraction of sp³-hybridized carbons (Fsp3) is 0.429. The molecule has 0 saturated carbocycles. The van der Waals surface area contributed by atoms with Crippen LogP contribution >= 0.6 is 0 Å². The van der Waals surface area contributed by atoms with Gasteiger partial charge < -0.3 is 19.6 Å². The third-order valence-electron chi connectivity index (χ3n) is 2.82. The number of rotatable bonds is 6. The molecule has 0 aromatic carbocycles. The summed E-state index contributed by atoms with van der Waals surface area (Å²) in [7, 11) is 0. The van der Waals surface area contributed by atoms with E-state index in [0.717, 1.165) is 5.76 Å². The van der Waals surface area contributed by atoms with E-state index in [1.807, 2.05) is 19.9 Å². The first-order valence-electron chi connectivity index (χ1n) is 6.49. The molecule has 2 heterocycles. The highest BCUT2D eigenvalue weighted by atomic mass is 16.5. The smallest absolute Gasteiger partial charge is 0.218 e. The van der Waals surface area contributed by atoms with Crippen molar-refractivity contribution in [3.8, 4) is 5.88 Å². The summed E-state index contributed by atoms with van der Waals surface area (Å²) in [5, 5.41) is 13.5. The van der Waals surface area contributed by atoms with Crippen molar-refractivity contribution in [1.29, 1.82) is 0 Å². The van der Waals surface area contributed by atoms with Gasteiger partial charge in [-0.05, 0) is 32.9 Å². The van der Waals surface area contributed by atoms with E-state index in [-0.39, 0.29) is 6.54 Å². The Morgan fingerprint density at radius 1 is 1.40 bits per heavy atom. The highest BCUT2D eigenvalue weighted by Gasteiger charge is 2.26. The lowest BCUT2D eigenvalue weighted by Crippen LogP contribution is -2.30. The summed E-state index contributed by atoms with van der Waals surface area (Å²) in [5.41, 5.74) is -1.12. The summed E-state index contributed by atoms with van der Waals surface area (Å²) in [5.74, 6) is 2.37. The molecule has 6 nitrogen and oxygen atoms in total. The number of aliphatic hydroxyl groups is 1. The van der Waals surface area contributed by atoms with E-state index in [2.05, 4.69) is 15.3 Å². The number of anilines is 1. The number of aromatic nitrogens is 2. The van der Waals surface area contributed by atoms with Crippen molar-refractivity contribution in [3.63, 3.8) is 0 Å². The Hall–Kier alpha value is -2.08. The average molecular weight is 277 g/mol. The third kappa shape index (κ3) is 3.48. The minimum absolute atomic E-state index is 0.266. The molecule has 108 valence electrons. The minimum atomic E-state index is -1.12. The first kappa shape index (κ1) is 14.3. The van der Waals surface area contributed by atoms with Crippen molar-refractivity contribution >= 4 is 5.82 Å². The summed E-state index contributed by atoms with van der Waals surface area (Å²) >= 11 is 0. The molecule has 0 radical (unpaired) electrons. The summed E-state index contributed by atoms with van der Waals surface area (Å²) in [4.78, 5) is 8.06. The second-order valence-electron chi connectivity index (χ2n) is 4.71. The fourth-order valence-corrected chi connectivity index (χ4v) is 1.74. The summed E-state index contributed by atoms with van der Waals surface area (Å²) in [6.07, 6.45) is 1.42. The van der Waals surface area contributed by atoms with Crippen molar-refractivity contribution in [3.05, 3.63) is 36.0 Å². The van der Waals surface area contributed by atoms with Crippen molar-refractivity contribution in [2.75, 3.05) is 18.5 Å². The predicted octanol–water partition coefficient (Wildman–Crippen LogP) is 2.10. The van der Waals surface area contributed by atoms with Crippen LogP contribution < -0.4 is 10.1 Å². The van der Waals surface area contributed by atoms with Crippen LogP contribution in [0.15, 0.2) is 28.9 Å². The van der Waals surface area contributed by atoms with Crippen molar-refractivity contribution in [1.82, 2.24) is 9.97 Å². The Morgan fingerprint density at radius 2 is 2.20 bits per heavy atom. The monoisotopic (exact) mass is 277 g/mol. The van der Waals surface area contributed by atoms with Gasteiger partial charge in [-0.15, -0.1) is 0 Å². The number of furan rings is 1. The van der Waals surface area contributed by atoms with Gasteiger partial charge in [-0.2, -0.15) is 0 Å². The SMILES string of the molecule is CCOc1cc(NC[C@](C)(O)c2ccc(C)o2)ncn1. The second kappa shape index (κ2) is 5.92. The molecular formula is C14H19N3O3. The Bertz CT molecular complexity index is 566. The van der Waals surface area contributed by atoms with Gasteiger partial charge in [-0.3, -0.25) is 0 Å². The highest BCUT2D eigenvalue weighted by Crippen LogP contribution is 2.23. The van der Waals surface area contributed by atoms with Crippen LogP contribution in [-0.4, -0.2) is 28.2 Å². The Morgan fingerprint density at radius 3 is 2.85 bits per heavy atom. The number of hydrogen-bond donors (Lipinski definition) is 2. The standard InChI is InChI=1S/C14H19N3O3/c1-4-19-13-7-12(16-9-17-13)15-8-14(3,18)11-6-5-10(2)20-11/h5-7,9,18H,4,8H2,1-3H3,(H,15,16,17)/t14-/m0/s1. The number of aryl methyl sites for hydroxylation is 1. The summed E-state index contributed by atoms with van der Waals surface area (Å²) in [6, 6.07) is 5.28. The predicted molar refractivity (Wildman–Crippen MR) is 74.7 cm³/mol. The van der Waals surface area contributed by atoms with Crippen LogP contribution in [0.1, 0.15) is 25.4 Å². The number of hydrogen-bond acceptors (Lipinski definition) is 6. The number of nitrogens with one attached hydrogen (secondary N) is 1. The van der Waals surface area contributed by atoms with Gasteiger partial charge >= 0.3 is 0 Å². The molecule has 0 aliphatic rings. The van der Waals surface area contributed by atoms with Gasteiger partial charge in [0.25, 0.3) is 0 Å². The van der Waals surface area contributed by atoms with Crippen molar-refractivity contribution in [2.24, 2.45) is 0 Å². The zero-order chi connectivity index (χ0) is 14.6. The van der Waals surface area contributed by atoms with Crippen molar-refractivity contribution in [2.45, 2.75) is 26.4 Å². The molecule has 0 saturated heterocycles. The molecule has 1 atom stereocenters. The van der Waals surface area contributed by atoms with Gasteiger partial charge in [0.15, 0.2) is 0 Å². The molecule has 2 rings (SSSR count). The second-order valence-corrected chi connectivity index (χ2v) is 4.71. The molecule has 0 spiro atoms. The van der Waals surface area contributed by atoms with Crippen LogP contribution in [0.3, 0.4) is 0 Å². The maximum absolute atomic E-state index is 10.4. The quantitative estimate of drug-likeness (QED) is 0.841. The van der Waals surface area contributed by atoms with Crippen molar-refractivity contribution < 1.29 is 14.3 Å². The lowest BCUT2D eigenvalue weighted by molar-refractivity contribution is 0.0467. The first-order chi connectivity index (χ1) is 9.51. The van der Waals surface area contributed by atoms with Crippen LogP contribution in [-0.2, 0) is 5.60 Å². The maximum Gasteiger partial charge on any atom is 0.218 e. The Balaban J connectivity index is 2.02. The van der Waals surface area contributed by atoms with Gasteiger partial charge in [0.2, 0.25) is 5.88 Å². The summed E-state index contributed by atoms with van der Waals surface area (Å²) in [6.45, 7) is 6.22. The van der Waals surface area contributed by atoms with E-state index < -0.39 is 5.60 Å². The molecule has 0 amide bonds. The zero-order valence-corrected chi connectivity index (χ0v) is 11.9. The molecular weight excluding hydrogens is 258 g/mol. The molecule has 2 aromatic rings. The molecule has 0 bridgehead atoms. The van der Waals surface area contributed by atoms with Crippen LogP contribution in [0, 0.1) is 6.92 Å². The zero-order valence-electron chi connectivity index (χ0n) is 11.9. The molecule has 2 N–H and O–H groups in total. The Kier molecular flexibility index (Phi) is 4.24. The molecule has 0 unspecified atom stereocenters. The molecule has 2 aromatic heterocycles. The van der Waals surface area contributed by atoms with E-state index in [1.54, 1.807) is 19.1 Å². The van der Waals surface area contributed by atoms with Crippen LogP contribution in [0.5, 0.6) is 5.88 Å². The number of nitrogens with zero attached hydrogens (tertiary/aromatic N) is 2. The van der Waals surface area contributed by atoms with Crippen LogP contribution in [0.2, 0.25) is 0 Å². The van der Waals surface area contributed by atoms with Gasteiger partial charge in [-0.25, -0.2) is 9.97 Å². The fourth-order valence-electron chi connectivity index (χ4n) is 1.74. The highest BCUT2D eigenvalue weighted by molar-refractivity contribution is 5.37. The normalized spacial score (nSPS) is 13.8. The lowest BCUT2D eigenvalue weighted by Gasteiger charge is -2.21. The summed E-state index contributed by atoms with van der Waals surface area (Å²) < 4.78 is 10.7. The largest absolute Gasteiger partial charge is 0.478 e. The molecule has 0 aliphatic carbocycles. The average Bonchev–Trinajstić information content (AvgIpc) is 2.85. The maximum atomic E-state index is 10.4. The van der Waals surface area contributed by atoms with Gasteiger partial charge in [0, 0.05) is 6.07 Å². The van der Waals surface area contributed by atoms with E-state index in [0.29, 0.717) is 24.1 Å². The molecule has 6 heteroatoms. The molecule has 0 fully saturated rings.